The van der Waals surface area contributed by atoms with Crippen molar-refractivity contribution >= 4 is 19.7 Å². The van der Waals surface area contributed by atoms with E-state index in [0.717, 1.165) is 6.92 Å². The molecular formula is C14H19FNO7P. The number of phosphoric ester groups is 1. The highest BCUT2D eigenvalue weighted by atomic mass is 31.2. The molecule has 0 aliphatic heterocycles. The van der Waals surface area contributed by atoms with Gasteiger partial charge in [0.1, 0.15) is 0 Å². The first kappa shape index (κ1) is 20.2. The first-order chi connectivity index (χ1) is 11.2. The largest absolute Gasteiger partial charge is 0.472 e. The van der Waals surface area contributed by atoms with E-state index in [0.29, 0.717) is 11.1 Å². The van der Waals surface area contributed by atoms with Crippen molar-refractivity contribution in [3.8, 4) is 0 Å². The first-order valence-corrected chi connectivity index (χ1v) is 8.45. The highest BCUT2D eigenvalue weighted by Gasteiger charge is 2.21. The summed E-state index contributed by atoms with van der Waals surface area (Å²) in [7, 11) is -3.06. The summed E-state index contributed by atoms with van der Waals surface area (Å²) in [4.78, 5) is 31.7. The maximum atomic E-state index is 12.6. The zero-order valence-corrected chi connectivity index (χ0v) is 14.1. The third kappa shape index (κ3) is 7.18. The Kier molecular flexibility index (Phi) is 8.00. The van der Waals surface area contributed by atoms with Gasteiger partial charge in [-0.05, 0) is 24.6 Å². The third-order valence-corrected chi connectivity index (χ3v) is 3.75. The van der Waals surface area contributed by atoms with E-state index < -0.39 is 25.9 Å². The van der Waals surface area contributed by atoms with Crippen LogP contribution in [0.5, 0.6) is 0 Å². The lowest BCUT2D eigenvalue weighted by atomic mass is 10.1. The summed E-state index contributed by atoms with van der Waals surface area (Å²) < 4.78 is 38.2. The van der Waals surface area contributed by atoms with Crippen LogP contribution in [0.4, 0.5) is 4.39 Å². The molecule has 10 heteroatoms. The van der Waals surface area contributed by atoms with Gasteiger partial charge in [-0.15, -0.1) is 0 Å². The molecule has 2 N–H and O–H groups in total. The molecule has 0 fully saturated rings. The molecular weight excluding hydrogens is 344 g/mol. The number of methoxy groups -OCH3 is 1. The third-order valence-electron chi connectivity index (χ3n) is 2.79. The lowest BCUT2D eigenvalue weighted by Crippen LogP contribution is -2.32. The number of halogens is 1. The molecule has 134 valence electrons. The van der Waals surface area contributed by atoms with Gasteiger partial charge in [0.25, 0.3) is 5.91 Å². The molecule has 0 aromatic heterocycles. The Morgan fingerprint density at radius 3 is 2.46 bits per heavy atom. The van der Waals surface area contributed by atoms with Crippen molar-refractivity contribution in [2.24, 2.45) is 0 Å². The van der Waals surface area contributed by atoms with Gasteiger partial charge >= 0.3 is 13.8 Å². The van der Waals surface area contributed by atoms with E-state index in [4.69, 9.17) is 4.52 Å². The minimum absolute atomic E-state index is 0.130. The predicted octanol–water partition coefficient (Wildman–Crippen LogP) is 1.58. The normalized spacial score (nSPS) is 14.5. The molecule has 1 unspecified atom stereocenters. The van der Waals surface area contributed by atoms with Gasteiger partial charge in [0.2, 0.25) is 0 Å². The molecule has 0 spiro atoms. The summed E-state index contributed by atoms with van der Waals surface area (Å²) in [5.41, 5.74) is 0.877. The van der Waals surface area contributed by atoms with E-state index in [9.17, 15) is 23.4 Å². The molecule has 0 heterocycles. The number of rotatable bonds is 9. The molecule has 1 aromatic carbocycles. The SMILES string of the molecule is COC(=O)c1ccc(COP(=O)(O)OCCNC(=O)[C@@H](C)F)cc1. The van der Waals surface area contributed by atoms with Gasteiger partial charge in [-0.2, -0.15) is 0 Å². The van der Waals surface area contributed by atoms with E-state index in [-0.39, 0.29) is 19.8 Å². The number of hydrogen-bond acceptors (Lipinski definition) is 6. The van der Waals surface area contributed by atoms with Crippen LogP contribution in [0.15, 0.2) is 24.3 Å². The minimum Gasteiger partial charge on any atom is -0.465 e. The number of phosphoric acid groups is 1. The lowest BCUT2D eigenvalue weighted by Gasteiger charge is -2.13. The summed E-state index contributed by atoms with van der Waals surface area (Å²) in [6, 6.07) is 6.05. The number of esters is 1. The molecule has 1 amide bonds. The number of alkyl halides is 1. The van der Waals surface area contributed by atoms with Crippen molar-refractivity contribution in [1.29, 1.82) is 0 Å². The van der Waals surface area contributed by atoms with Crippen molar-refractivity contribution in [1.82, 2.24) is 5.32 Å². The summed E-state index contributed by atoms with van der Waals surface area (Å²) in [5.74, 6) is -1.33. The monoisotopic (exact) mass is 363 g/mol. The van der Waals surface area contributed by atoms with Gasteiger partial charge in [-0.1, -0.05) is 12.1 Å². The van der Waals surface area contributed by atoms with Crippen LogP contribution in [0.3, 0.4) is 0 Å². The van der Waals surface area contributed by atoms with Gasteiger partial charge in [0.05, 0.1) is 25.9 Å². The Morgan fingerprint density at radius 1 is 1.29 bits per heavy atom. The Hall–Kier alpha value is -1.80. The Balaban J connectivity index is 2.38. The van der Waals surface area contributed by atoms with Crippen molar-refractivity contribution in [3.05, 3.63) is 35.4 Å². The molecule has 0 bridgehead atoms. The fourth-order valence-electron chi connectivity index (χ4n) is 1.52. The van der Waals surface area contributed by atoms with Crippen LogP contribution in [-0.2, 0) is 29.8 Å². The fraction of sp³-hybridized carbons (Fsp3) is 0.429. The number of carbonyl (C=O) groups is 2. The summed E-state index contributed by atoms with van der Waals surface area (Å²) in [5, 5.41) is 2.18. The average Bonchev–Trinajstić information content (AvgIpc) is 2.56. The number of carbonyl (C=O) groups excluding carboxylic acids is 2. The Morgan fingerprint density at radius 2 is 1.92 bits per heavy atom. The lowest BCUT2D eigenvalue weighted by molar-refractivity contribution is -0.125. The second-order valence-corrected chi connectivity index (χ2v) is 6.12. The molecule has 0 saturated carbocycles. The van der Waals surface area contributed by atoms with Crippen LogP contribution in [0.2, 0.25) is 0 Å². The van der Waals surface area contributed by atoms with E-state index >= 15 is 0 Å². The number of hydrogen-bond donors (Lipinski definition) is 2. The highest BCUT2D eigenvalue weighted by molar-refractivity contribution is 7.47. The van der Waals surface area contributed by atoms with Crippen LogP contribution < -0.4 is 5.32 Å². The maximum Gasteiger partial charge on any atom is 0.472 e. The zero-order valence-electron chi connectivity index (χ0n) is 13.2. The fourth-order valence-corrected chi connectivity index (χ4v) is 2.23. The van der Waals surface area contributed by atoms with E-state index in [1.165, 1.54) is 31.4 Å². The molecule has 0 aliphatic carbocycles. The summed E-state index contributed by atoms with van der Waals surface area (Å²) in [6.07, 6.45) is -1.67. The smallest absolute Gasteiger partial charge is 0.465 e. The summed E-state index contributed by atoms with van der Waals surface area (Å²) >= 11 is 0. The zero-order chi connectivity index (χ0) is 18.2. The second kappa shape index (κ2) is 9.48. The van der Waals surface area contributed by atoms with Gasteiger partial charge in [-0.25, -0.2) is 13.8 Å². The van der Waals surface area contributed by atoms with Crippen molar-refractivity contribution < 1.29 is 37.2 Å². The van der Waals surface area contributed by atoms with Crippen LogP contribution in [-0.4, -0.2) is 43.2 Å². The topological polar surface area (TPSA) is 111 Å². The van der Waals surface area contributed by atoms with Crippen molar-refractivity contribution in [2.45, 2.75) is 19.7 Å². The number of ether oxygens (including phenoxy) is 1. The molecule has 8 nitrogen and oxygen atoms in total. The van der Waals surface area contributed by atoms with Crippen LogP contribution >= 0.6 is 7.82 Å². The van der Waals surface area contributed by atoms with Crippen LogP contribution in [0.1, 0.15) is 22.8 Å². The molecule has 0 saturated heterocycles. The van der Waals surface area contributed by atoms with Crippen LogP contribution in [0, 0.1) is 0 Å². The second-order valence-electron chi connectivity index (χ2n) is 4.67. The molecule has 0 aliphatic rings. The Labute approximate surface area is 138 Å². The van der Waals surface area contributed by atoms with Crippen molar-refractivity contribution in [3.63, 3.8) is 0 Å². The van der Waals surface area contributed by atoms with E-state index in [1.807, 2.05) is 0 Å². The van der Waals surface area contributed by atoms with Gasteiger partial charge in [0, 0.05) is 6.54 Å². The first-order valence-electron chi connectivity index (χ1n) is 6.96. The number of nitrogens with one attached hydrogen (secondary N) is 1. The molecule has 0 radical (unpaired) electrons. The summed E-state index contributed by atoms with van der Waals surface area (Å²) in [6.45, 7) is 0.410. The quantitative estimate of drug-likeness (QED) is 0.389. The molecule has 24 heavy (non-hydrogen) atoms. The van der Waals surface area contributed by atoms with Gasteiger partial charge in [-0.3, -0.25) is 13.8 Å². The van der Waals surface area contributed by atoms with E-state index in [2.05, 4.69) is 14.6 Å². The van der Waals surface area contributed by atoms with Gasteiger partial charge in [0.15, 0.2) is 6.17 Å². The highest BCUT2D eigenvalue weighted by Crippen LogP contribution is 2.43. The maximum absolute atomic E-state index is 12.6. The standard InChI is InChI=1S/C14H19FNO7P/c1-10(15)13(17)16-7-8-22-24(19,20)23-9-11-3-5-12(6-4-11)14(18)21-2/h3-6,10H,7-9H2,1-2H3,(H,16,17)(H,19,20)/t10-/m1/s1. The van der Waals surface area contributed by atoms with Gasteiger partial charge < -0.3 is 14.9 Å². The molecule has 1 aromatic rings. The number of benzene rings is 1. The molecule has 2 atom stereocenters. The van der Waals surface area contributed by atoms with Crippen LogP contribution in [0.25, 0.3) is 0 Å². The minimum atomic E-state index is -4.32. The number of amides is 1. The average molecular weight is 363 g/mol. The predicted molar refractivity (Wildman–Crippen MR) is 81.9 cm³/mol. The van der Waals surface area contributed by atoms with Crippen molar-refractivity contribution in [2.75, 3.05) is 20.3 Å². The Bertz CT molecular complexity index is 606. The molecule has 1 rings (SSSR count). The van der Waals surface area contributed by atoms with E-state index in [1.54, 1.807) is 0 Å².